The number of carboxylic acid groups (broad SMARTS) is 1. The molecule has 0 saturated carbocycles. The molecule has 0 bridgehead atoms. The first kappa shape index (κ1) is 21.6. The molecule has 0 spiro atoms. The fourth-order valence-corrected chi connectivity index (χ4v) is 3.26. The number of halogens is 7. The maximum atomic E-state index is 13.0. The highest BCUT2D eigenvalue weighted by Gasteiger charge is 2.33. The summed E-state index contributed by atoms with van der Waals surface area (Å²) in [5.74, 6) is -2.74. The van der Waals surface area contributed by atoms with Crippen LogP contribution in [0.3, 0.4) is 0 Å². The van der Waals surface area contributed by atoms with Gasteiger partial charge < -0.3 is 10.4 Å². The predicted molar refractivity (Wildman–Crippen MR) is 97.6 cm³/mol. The Morgan fingerprint density at radius 3 is 1.96 bits per heavy atom. The minimum atomic E-state index is -4.64. The topological polar surface area (TPSA) is 66.4 Å². The van der Waals surface area contributed by atoms with E-state index in [9.17, 15) is 27.9 Å². The number of aromatic carboxylic acids is 1. The minimum Gasteiger partial charge on any atom is -0.478 e. The lowest BCUT2D eigenvalue weighted by Crippen LogP contribution is -2.19. The van der Waals surface area contributed by atoms with Gasteiger partial charge in [-0.25, -0.2) is 4.79 Å². The molecule has 2 aromatic carbocycles. The van der Waals surface area contributed by atoms with Crippen molar-refractivity contribution in [2.24, 2.45) is 0 Å². The third kappa shape index (κ3) is 4.27. The Bertz CT molecular complexity index is 961. The maximum absolute atomic E-state index is 13.0. The SMILES string of the molecule is Cc1ccc(NC(=O)c2c(Cl)c(Cl)c(Cl)c(Cl)c2C(=O)O)cc1C(F)(F)F. The predicted octanol–water partition coefficient (Wildman–Crippen LogP) is 6.58. The molecule has 2 N–H and O–H groups in total. The van der Waals surface area contributed by atoms with E-state index in [1.165, 1.54) is 13.0 Å². The van der Waals surface area contributed by atoms with E-state index in [1.54, 1.807) is 0 Å². The summed E-state index contributed by atoms with van der Waals surface area (Å²) in [4.78, 5) is 24.0. The van der Waals surface area contributed by atoms with Crippen LogP contribution in [0.4, 0.5) is 18.9 Å². The summed E-state index contributed by atoms with van der Waals surface area (Å²) in [5, 5.41) is 9.72. The van der Waals surface area contributed by atoms with Crippen LogP contribution in [0.2, 0.25) is 20.1 Å². The Labute approximate surface area is 170 Å². The van der Waals surface area contributed by atoms with Gasteiger partial charge in [-0.1, -0.05) is 52.5 Å². The Kier molecular flexibility index (Phi) is 6.21. The van der Waals surface area contributed by atoms with Crippen LogP contribution in [-0.2, 0) is 6.18 Å². The lowest BCUT2D eigenvalue weighted by Gasteiger charge is -2.15. The largest absolute Gasteiger partial charge is 0.478 e. The number of anilines is 1. The van der Waals surface area contributed by atoms with Gasteiger partial charge in [0.25, 0.3) is 5.91 Å². The number of carbonyl (C=O) groups excluding carboxylic acids is 1. The zero-order valence-corrected chi connectivity index (χ0v) is 16.2. The number of rotatable bonds is 3. The summed E-state index contributed by atoms with van der Waals surface area (Å²) in [6.45, 7) is 1.26. The molecule has 0 saturated heterocycles. The van der Waals surface area contributed by atoms with E-state index in [0.29, 0.717) is 6.07 Å². The normalized spacial score (nSPS) is 11.4. The standard InChI is InChI=1S/C16H8Cl4F3NO3/c1-5-2-3-6(4-7(5)16(21,22)23)24-14(25)8-9(15(26)27)11(18)13(20)12(19)10(8)17/h2-4H,1H3,(H,24,25)(H,26,27). The van der Waals surface area contributed by atoms with Crippen LogP contribution in [0.25, 0.3) is 0 Å². The first-order valence-corrected chi connectivity index (χ1v) is 8.45. The number of amides is 1. The summed E-state index contributed by atoms with van der Waals surface area (Å²) in [5.41, 5.74) is -2.60. The zero-order valence-electron chi connectivity index (χ0n) is 13.1. The Balaban J connectivity index is 2.56. The van der Waals surface area contributed by atoms with Crippen molar-refractivity contribution in [2.75, 3.05) is 5.32 Å². The minimum absolute atomic E-state index is 0.0534. The smallest absolute Gasteiger partial charge is 0.416 e. The molecule has 0 fully saturated rings. The average molecular weight is 461 g/mol. The Hall–Kier alpha value is -1.67. The Morgan fingerprint density at radius 2 is 1.48 bits per heavy atom. The first-order chi connectivity index (χ1) is 12.4. The molecule has 27 heavy (non-hydrogen) atoms. The van der Waals surface area contributed by atoms with Gasteiger partial charge in [0.15, 0.2) is 0 Å². The number of hydrogen-bond donors (Lipinski definition) is 2. The molecular weight excluding hydrogens is 453 g/mol. The van der Waals surface area contributed by atoms with Crippen LogP contribution < -0.4 is 5.32 Å². The molecule has 2 aromatic rings. The molecule has 0 radical (unpaired) electrons. The van der Waals surface area contributed by atoms with Crippen molar-refractivity contribution >= 4 is 64.0 Å². The molecule has 144 valence electrons. The quantitative estimate of drug-likeness (QED) is 0.401. The molecule has 0 atom stereocenters. The van der Waals surface area contributed by atoms with Crippen molar-refractivity contribution in [2.45, 2.75) is 13.1 Å². The second-order valence-electron chi connectivity index (χ2n) is 5.29. The maximum Gasteiger partial charge on any atom is 0.416 e. The van der Waals surface area contributed by atoms with E-state index in [1.807, 2.05) is 0 Å². The lowest BCUT2D eigenvalue weighted by molar-refractivity contribution is -0.138. The molecule has 0 aromatic heterocycles. The van der Waals surface area contributed by atoms with Gasteiger partial charge in [-0.3, -0.25) is 4.79 Å². The van der Waals surface area contributed by atoms with Gasteiger partial charge in [-0.15, -0.1) is 0 Å². The highest BCUT2D eigenvalue weighted by Crippen LogP contribution is 2.42. The molecule has 0 aliphatic carbocycles. The van der Waals surface area contributed by atoms with Crippen LogP contribution in [0.5, 0.6) is 0 Å². The lowest BCUT2D eigenvalue weighted by atomic mass is 10.0. The van der Waals surface area contributed by atoms with Crippen LogP contribution in [0, 0.1) is 6.92 Å². The number of hydrogen-bond acceptors (Lipinski definition) is 2. The van der Waals surface area contributed by atoms with Crippen LogP contribution >= 0.6 is 46.4 Å². The van der Waals surface area contributed by atoms with Gasteiger partial charge in [0.2, 0.25) is 0 Å². The van der Waals surface area contributed by atoms with E-state index < -0.39 is 44.8 Å². The first-order valence-electron chi connectivity index (χ1n) is 6.94. The number of alkyl halides is 3. The van der Waals surface area contributed by atoms with E-state index >= 15 is 0 Å². The number of carboxylic acids is 1. The van der Waals surface area contributed by atoms with E-state index in [0.717, 1.165) is 6.07 Å². The molecular formula is C16H8Cl4F3NO3. The summed E-state index contributed by atoms with van der Waals surface area (Å²) < 4.78 is 39.0. The number of carbonyl (C=O) groups is 2. The molecule has 1 amide bonds. The highest BCUT2D eigenvalue weighted by atomic mass is 35.5. The molecule has 0 unspecified atom stereocenters. The van der Waals surface area contributed by atoms with Crippen molar-refractivity contribution in [3.05, 3.63) is 60.5 Å². The molecule has 11 heteroatoms. The van der Waals surface area contributed by atoms with Gasteiger partial charge in [0, 0.05) is 5.69 Å². The van der Waals surface area contributed by atoms with Crippen molar-refractivity contribution in [3.63, 3.8) is 0 Å². The number of nitrogens with one attached hydrogen (secondary N) is 1. The third-order valence-corrected chi connectivity index (χ3v) is 5.31. The van der Waals surface area contributed by atoms with Crippen LogP contribution in [-0.4, -0.2) is 17.0 Å². The monoisotopic (exact) mass is 459 g/mol. The van der Waals surface area contributed by atoms with Gasteiger partial charge in [0.1, 0.15) is 0 Å². The zero-order chi connectivity index (χ0) is 20.7. The van der Waals surface area contributed by atoms with E-state index in [4.69, 9.17) is 46.4 Å². The molecule has 4 nitrogen and oxygen atoms in total. The molecule has 0 aliphatic rings. The fraction of sp³-hybridized carbons (Fsp3) is 0.125. The average Bonchev–Trinajstić information content (AvgIpc) is 2.56. The highest BCUT2D eigenvalue weighted by molar-refractivity contribution is 6.54. The van der Waals surface area contributed by atoms with Crippen molar-refractivity contribution < 1.29 is 27.9 Å². The van der Waals surface area contributed by atoms with E-state index in [2.05, 4.69) is 5.32 Å². The van der Waals surface area contributed by atoms with Crippen LogP contribution in [0.1, 0.15) is 31.8 Å². The van der Waals surface area contributed by atoms with E-state index in [-0.39, 0.29) is 21.3 Å². The molecule has 0 heterocycles. The van der Waals surface area contributed by atoms with Gasteiger partial charge in [-0.05, 0) is 24.6 Å². The fourth-order valence-electron chi connectivity index (χ4n) is 2.24. The van der Waals surface area contributed by atoms with Crippen LogP contribution in [0.15, 0.2) is 18.2 Å². The molecule has 0 aliphatic heterocycles. The molecule has 2 rings (SSSR count). The van der Waals surface area contributed by atoms with Crippen molar-refractivity contribution in [1.29, 1.82) is 0 Å². The van der Waals surface area contributed by atoms with Gasteiger partial charge in [0.05, 0.1) is 36.8 Å². The summed E-state index contributed by atoms with van der Waals surface area (Å²) in [6, 6.07) is 3.08. The van der Waals surface area contributed by atoms with Gasteiger partial charge >= 0.3 is 12.1 Å². The summed E-state index contributed by atoms with van der Waals surface area (Å²) in [6.07, 6.45) is -4.64. The second kappa shape index (κ2) is 7.75. The number of aryl methyl sites for hydroxylation is 1. The number of benzene rings is 2. The van der Waals surface area contributed by atoms with Crippen molar-refractivity contribution in [1.82, 2.24) is 0 Å². The summed E-state index contributed by atoms with van der Waals surface area (Å²) >= 11 is 23.4. The Morgan fingerprint density at radius 1 is 0.963 bits per heavy atom. The van der Waals surface area contributed by atoms with Crippen molar-refractivity contribution in [3.8, 4) is 0 Å². The van der Waals surface area contributed by atoms with Gasteiger partial charge in [-0.2, -0.15) is 13.2 Å². The third-order valence-electron chi connectivity index (χ3n) is 3.51. The summed E-state index contributed by atoms with van der Waals surface area (Å²) in [7, 11) is 0. The second-order valence-corrected chi connectivity index (χ2v) is 6.80.